The summed E-state index contributed by atoms with van der Waals surface area (Å²) in [4.78, 5) is 27.5. The second-order valence-electron chi connectivity index (χ2n) is 6.90. The average molecular weight is 435 g/mol. The Kier molecular flexibility index (Phi) is 7.02. The molecule has 158 valence electrons. The number of benzene rings is 2. The molecule has 0 radical (unpaired) electrons. The lowest BCUT2D eigenvalue weighted by molar-refractivity contribution is -0.127. The van der Waals surface area contributed by atoms with Gasteiger partial charge in [-0.15, -0.1) is 0 Å². The molecule has 3 rings (SSSR count). The Morgan fingerprint density at radius 1 is 1.10 bits per heavy atom. The van der Waals surface area contributed by atoms with Crippen LogP contribution >= 0.6 is 11.6 Å². The lowest BCUT2D eigenvalue weighted by atomic mass is 10.1. The summed E-state index contributed by atoms with van der Waals surface area (Å²) in [6.07, 6.45) is 2.74. The molecule has 0 saturated carbocycles. The maximum atomic E-state index is 13.8. The Hall–Kier alpha value is -2.97. The van der Waals surface area contributed by atoms with Crippen LogP contribution in [-0.4, -0.2) is 47.9 Å². The fourth-order valence-corrected chi connectivity index (χ4v) is 3.35. The SMILES string of the molecule is NC(=O)Nc1cc(Cl)c(F)cc1/C=C/C(=O)N1CCN(Cc2ccc(F)cc2)CC1. The van der Waals surface area contributed by atoms with Crippen LogP contribution in [0.2, 0.25) is 5.02 Å². The predicted molar refractivity (Wildman–Crippen MR) is 112 cm³/mol. The molecule has 0 bridgehead atoms. The number of halogens is 3. The molecule has 1 fully saturated rings. The summed E-state index contributed by atoms with van der Waals surface area (Å²) in [6, 6.07) is 7.90. The van der Waals surface area contributed by atoms with Crippen molar-refractivity contribution in [2.24, 2.45) is 5.73 Å². The number of hydrogen-bond donors (Lipinski definition) is 2. The van der Waals surface area contributed by atoms with Gasteiger partial charge in [-0.25, -0.2) is 13.6 Å². The molecule has 1 aliphatic rings. The minimum absolute atomic E-state index is 0.167. The van der Waals surface area contributed by atoms with Crippen molar-refractivity contribution >= 4 is 35.3 Å². The number of amides is 3. The number of piperazine rings is 1. The van der Waals surface area contributed by atoms with Gasteiger partial charge in [-0.1, -0.05) is 23.7 Å². The van der Waals surface area contributed by atoms with Crippen LogP contribution in [0.25, 0.3) is 6.08 Å². The van der Waals surface area contributed by atoms with E-state index in [1.165, 1.54) is 30.4 Å². The molecule has 1 saturated heterocycles. The van der Waals surface area contributed by atoms with Gasteiger partial charge in [0.15, 0.2) is 0 Å². The first-order chi connectivity index (χ1) is 14.3. The lowest BCUT2D eigenvalue weighted by Gasteiger charge is -2.34. The number of hydrogen-bond acceptors (Lipinski definition) is 3. The van der Waals surface area contributed by atoms with E-state index >= 15 is 0 Å². The van der Waals surface area contributed by atoms with Gasteiger partial charge < -0.3 is 16.0 Å². The maximum absolute atomic E-state index is 13.8. The van der Waals surface area contributed by atoms with E-state index in [1.807, 2.05) is 0 Å². The first-order valence-corrected chi connectivity index (χ1v) is 9.69. The van der Waals surface area contributed by atoms with Crippen LogP contribution in [-0.2, 0) is 11.3 Å². The summed E-state index contributed by atoms with van der Waals surface area (Å²) in [5.74, 6) is -1.17. The topological polar surface area (TPSA) is 78.7 Å². The van der Waals surface area contributed by atoms with E-state index in [0.717, 1.165) is 11.6 Å². The molecule has 1 aliphatic heterocycles. The molecule has 3 amide bonds. The van der Waals surface area contributed by atoms with Gasteiger partial charge in [-0.3, -0.25) is 9.69 Å². The van der Waals surface area contributed by atoms with Gasteiger partial charge in [0.1, 0.15) is 11.6 Å². The Balaban J connectivity index is 1.59. The van der Waals surface area contributed by atoms with Crippen molar-refractivity contribution in [3.8, 4) is 0 Å². The molecule has 9 heteroatoms. The zero-order valence-corrected chi connectivity index (χ0v) is 16.8. The minimum Gasteiger partial charge on any atom is -0.351 e. The molecular weight excluding hydrogens is 414 g/mol. The highest BCUT2D eigenvalue weighted by molar-refractivity contribution is 6.31. The number of rotatable bonds is 5. The number of nitrogens with two attached hydrogens (primary N) is 1. The first kappa shape index (κ1) is 21.7. The van der Waals surface area contributed by atoms with Gasteiger partial charge in [0.25, 0.3) is 0 Å². The third kappa shape index (κ3) is 5.77. The van der Waals surface area contributed by atoms with Crippen LogP contribution in [0.4, 0.5) is 19.3 Å². The number of carbonyl (C=O) groups excluding carboxylic acids is 2. The van der Waals surface area contributed by atoms with Crippen LogP contribution in [0, 0.1) is 11.6 Å². The van der Waals surface area contributed by atoms with Crippen LogP contribution in [0.15, 0.2) is 42.5 Å². The number of anilines is 1. The van der Waals surface area contributed by atoms with Crippen molar-refractivity contribution in [2.75, 3.05) is 31.5 Å². The zero-order valence-electron chi connectivity index (χ0n) is 16.1. The van der Waals surface area contributed by atoms with Gasteiger partial charge in [0, 0.05) is 44.4 Å². The molecule has 0 atom stereocenters. The largest absolute Gasteiger partial charge is 0.351 e. The quantitative estimate of drug-likeness (QED) is 0.707. The Morgan fingerprint density at radius 2 is 1.77 bits per heavy atom. The van der Waals surface area contributed by atoms with E-state index in [2.05, 4.69) is 10.2 Å². The molecule has 3 N–H and O–H groups in total. The third-order valence-electron chi connectivity index (χ3n) is 4.76. The smallest absolute Gasteiger partial charge is 0.316 e. The maximum Gasteiger partial charge on any atom is 0.316 e. The van der Waals surface area contributed by atoms with Gasteiger partial charge in [0.05, 0.1) is 10.7 Å². The summed E-state index contributed by atoms with van der Waals surface area (Å²) in [5, 5.41) is 2.19. The molecule has 0 unspecified atom stereocenters. The van der Waals surface area contributed by atoms with E-state index in [1.54, 1.807) is 17.0 Å². The van der Waals surface area contributed by atoms with Gasteiger partial charge in [-0.05, 0) is 35.9 Å². The summed E-state index contributed by atoms with van der Waals surface area (Å²) in [6.45, 7) is 3.11. The second kappa shape index (κ2) is 9.69. The van der Waals surface area contributed by atoms with E-state index in [-0.39, 0.29) is 28.0 Å². The third-order valence-corrected chi connectivity index (χ3v) is 5.05. The van der Waals surface area contributed by atoms with Crippen molar-refractivity contribution < 1.29 is 18.4 Å². The normalized spacial score (nSPS) is 14.8. The first-order valence-electron chi connectivity index (χ1n) is 9.31. The average Bonchev–Trinajstić information content (AvgIpc) is 2.71. The molecule has 30 heavy (non-hydrogen) atoms. The molecule has 2 aromatic rings. The van der Waals surface area contributed by atoms with E-state index in [0.29, 0.717) is 32.7 Å². The summed E-state index contributed by atoms with van der Waals surface area (Å²) in [7, 11) is 0. The number of urea groups is 1. The molecule has 2 aromatic carbocycles. The van der Waals surface area contributed by atoms with Crippen molar-refractivity contribution in [1.82, 2.24) is 9.80 Å². The molecule has 0 aliphatic carbocycles. The van der Waals surface area contributed by atoms with E-state index in [9.17, 15) is 18.4 Å². The summed E-state index contributed by atoms with van der Waals surface area (Å²) < 4.78 is 26.8. The molecule has 6 nitrogen and oxygen atoms in total. The highest BCUT2D eigenvalue weighted by Gasteiger charge is 2.20. The Labute approximate surface area is 177 Å². The van der Waals surface area contributed by atoms with Crippen LogP contribution < -0.4 is 11.1 Å². The number of primary amides is 1. The highest BCUT2D eigenvalue weighted by Crippen LogP contribution is 2.25. The molecular formula is C21H21ClF2N4O2. The van der Waals surface area contributed by atoms with E-state index in [4.69, 9.17) is 17.3 Å². The van der Waals surface area contributed by atoms with Crippen molar-refractivity contribution in [2.45, 2.75) is 6.54 Å². The van der Waals surface area contributed by atoms with Crippen LogP contribution in [0.5, 0.6) is 0 Å². The van der Waals surface area contributed by atoms with Crippen LogP contribution in [0.1, 0.15) is 11.1 Å². The highest BCUT2D eigenvalue weighted by atomic mass is 35.5. The summed E-state index contributed by atoms with van der Waals surface area (Å²) >= 11 is 5.74. The Bertz CT molecular complexity index is 958. The Morgan fingerprint density at radius 3 is 2.40 bits per heavy atom. The fourth-order valence-electron chi connectivity index (χ4n) is 3.18. The van der Waals surface area contributed by atoms with E-state index < -0.39 is 11.8 Å². The monoisotopic (exact) mass is 434 g/mol. The standard InChI is InChI=1S/C21H21ClF2N4O2/c22-17-12-19(26-21(25)30)15(11-18(17)24)3-6-20(29)28-9-7-27(8-10-28)13-14-1-4-16(23)5-2-14/h1-6,11-12H,7-10,13H2,(H3,25,26,30)/b6-3+. The minimum atomic E-state index is -0.823. The van der Waals surface area contributed by atoms with Gasteiger partial charge >= 0.3 is 6.03 Å². The predicted octanol–water partition coefficient (Wildman–Crippen LogP) is 3.47. The lowest BCUT2D eigenvalue weighted by Crippen LogP contribution is -2.47. The molecule has 1 heterocycles. The number of nitrogens with one attached hydrogen (secondary N) is 1. The second-order valence-corrected chi connectivity index (χ2v) is 7.31. The van der Waals surface area contributed by atoms with Gasteiger partial charge in [-0.2, -0.15) is 0 Å². The summed E-state index contributed by atoms with van der Waals surface area (Å²) in [5.41, 5.74) is 6.62. The van der Waals surface area contributed by atoms with Gasteiger partial charge in [0.2, 0.25) is 5.91 Å². The van der Waals surface area contributed by atoms with Crippen molar-refractivity contribution in [3.05, 3.63) is 70.3 Å². The molecule has 0 spiro atoms. The number of carbonyl (C=O) groups is 2. The fraction of sp³-hybridized carbons (Fsp3) is 0.238. The number of nitrogens with zero attached hydrogens (tertiary/aromatic N) is 2. The molecule has 0 aromatic heterocycles. The zero-order chi connectivity index (χ0) is 21.7. The van der Waals surface area contributed by atoms with Crippen LogP contribution in [0.3, 0.4) is 0 Å². The van der Waals surface area contributed by atoms with Crippen molar-refractivity contribution in [1.29, 1.82) is 0 Å². The van der Waals surface area contributed by atoms with Crippen molar-refractivity contribution in [3.63, 3.8) is 0 Å².